The van der Waals surface area contributed by atoms with Crippen molar-refractivity contribution in [1.82, 2.24) is 0 Å². The Balaban J connectivity index is 2.74. The molecule has 1 aromatic rings. The zero-order valence-electron chi connectivity index (χ0n) is 6.90. The van der Waals surface area contributed by atoms with Gasteiger partial charge in [0.2, 0.25) is 0 Å². The van der Waals surface area contributed by atoms with Crippen LogP contribution in [0.5, 0.6) is 0 Å². The van der Waals surface area contributed by atoms with E-state index in [0.717, 1.165) is 11.0 Å². The van der Waals surface area contributed by atoms with Crippen LogP contribution in [-0.2, 0) is 0 Å². The minimum absolute atomic E-state index is 0.633. The third kappa shape index (κ3) is 2.38. The lowest BCUT2D eigenvalue weighted by atomic mass is 9.91. The Labute approximate surface area is 74.2 Å². The topological polar surface area (TPSA) is 12.4 Å². The van der Waals surface area contributed by atoms with Gasteiger partial charge >= 0.3 is 0 Å². The molecule has 58 valence electrons. The van der Waals surface area contributed by atoms with Gasteiger partial charge in [0, 0.05) is 6.21 Å². The third-order valence-electron chi connectivity index (χ3n) is 1.46. The first-order chi connectivity index (χ1) is 5.84. The monoisotopic (exact) mass is 155 g/mol. The van der Waals surface area contributed by atoms with E-state index in [9.17, 15) is 0 Å². The molecule has 12 heavy (non-hydrogen) atoms. The van der Waals surface area contributed by atoms with E-state index in [0.29, 0.717) is 6.54 Å². The molecule has 2 radical (unpaired) electrons. The Morgan fingerprint density at radius 2 is 2.17 bits per heavy atom. The van der Waals surface area contributed by atoms with Gasteiger partial charge in [0.15, 0.2) is 0 Å². The minimum Gasteiger partial charge on any atom is -0.288 e. The van der Waals surface area contributed by atoms with E-state index >= 15 is 0 Å². The van der Waals surface area contributed by atoms with E-state index in [1.807, 2.05) is 24.3 Å². The third-order valence-corrected chi connectivity index (χ3v) is 1.46. The molecule has 1 aromatic carbocycles. The van der Waals surface area contributed by atoms with Crippen molar-refractivity contribution < 1.29 is 0 Å². The highest BCUT2D eigenvalue weighted by Gasteiger charge is 1.89. The molecular weight excluding hydrogens is 145 g/mol. The molecule has 0 saturated heterocycles. The summed E-state index contributed by atoms with van der Waals surface area (Å²) in [5.41, 5.74) is 1.71. The Hall–Kier alpha value is -1.31. The minimum atomic E-state index is 0.633. The zero-order chi connectivity index (χ0) is 8.81. The molecular formula is C10H10BN. The lowest BCUT2D eigenvalue weighted by molar-refractivity contribution is 1.26. The first-order valence-corrected chi connectivity index (χ1v) is 3.80. The normalized spacial score (nSPS) is 10.3. The van der Waals surface area contributed by atoms with Crippen LogP contribution in [0.25, 0.3) is 0 Å². The van der Waals surface area contributed by atoms with E-state index in [4.69, 9.17) is 7.85 Å². The molecule has 0 fully saturated rings. The second-order valence-corrected chi connectivity index (χ2v) is 2.41. The van der Waals surface area contributed by atoms with Crippen LogP contribution in [0.4, 0.5) is 0 Å². The van der Waals surface area contributed by atoms with Gasteiger partial charge in [-0.05, 0) is 5.56 Å². The maximum absolute atomic E-state index is 5.69. The van der Waals surface area contributed by atoms with Crippen LogP contribution in [0.3, 0.4) is 0 Å². The zero-order valence-corrected chi connectivity index (χ0v) is 6.90. The Bertz CT molecular complexity index is 292. The van der Waals surface area contributed by atoms with Gasteiger partial charge in [-0.15, -0.1) is 6.58 Å². The van der Waals surface area contributed by atoms with Crippen LogP contribution in [0.15, 0.2) is 41.9 Å². The van der Waals surface area contributed by atoms with E-state index < -0.39 is 0 Å². The highest BCUT2D eigenvalue weighted by atomic mass is 14.7. The maximum Gasteiger partial charge on any atom is 0.114 e. The van der Waals surface area contributed by atoms with Gasteiger partial charge in [-0.3, -0.25) is 4.99 Å². The summed E-state index contributed by atoms with van der Waals surface area (Å²) in [5.74, 6) is 0. The van der Waals surface area contributed by atoms with Crippen LogP contribution < -0.4 is 5.46 Å². The molecule has 0 amide bonds. The van der Waals surface area contributed by atoms with Crippen LogP contribution >= 0.6 is 0 Å². The van der Waals surface area contributed by atoms with Gasteiger partial charge in [0.25, 0.3) is 0 Å². The van der Waals surface area contributed by atoms with E-state index in [2.05, 4.69) is 11.6 Å². The van der Waals surface area contributed by atoms with Crippen molar-refractivity contribution in [3.05, 3.63) is 42.5 Å². The number of hydrogen-bond acceptors (Lipinski definition) is 1. The molecule has 0 aliphatic rings. The Morgan fingerprint density at radius 1 is 1.42 bits per heavy atom. The summed E-state index contributed by atoms with van der Waals surface area (Å²) in [5, 5.41) is 0. The molecule has 0 N–H and O–H groups in total. The SMILES string of the molecule is [B]c1ccccc1C=NCC=C. The summed E-state index contributed by atoms with van der Waals surface area (Å²) in [6.07, 6.45) is 3.51. The van der Waals surface area contributed by atoms with E-state index in [1.54, 1.807) is 12.3 Å². The maximum atomic E-state index is 5.69. The summed E-state index contributed by atoms with van der Waals surface area (Å²) < 4.78 is 0. The largest absolute Gasteiger partial charge is 0.288 e. The first kappa shape index (κ1) is 8.79. The standard InChI is InChI=1S/C10H10BN/c1-2-7-12-8-9-5-3-4-6-10(9)11/h2-6,8H,1,7H2. The summed E-state index contributed by atoms with van der Waals surface area (Å²) in [4.78, 5) is 4.10. The molecule has 2 heteroatoms. The molecule has 0 aliphatic heterocycles. The molecule has 0 saturated carbocycles. The fourth-order valence-corrected chi connectivity index (χ4v) is 0.854. The van der Waals surface area contributed by atoms with Gasteiger partial charge in [-0.1, -0.05) is 35.8 Å². The van der Waals surface area contributed by atoms with Crippen molar-refractivity contribution in [2.45, 2.75) is 0 Å². The van der Waals surface area contributed by atoms with Gasteiger partial charge in [-0.25, -0.2) is 0 Å². The average molecular weight is 155 g/mol. The fourth-order valence-electron chi connectivity index (χ4n) is 0.854. The molecule has 0 spiro atoms. The van der Waals surface area contributed by atoms with Gasteiger partial charge in [0.1, 0.15) is 7.85 Å². The molecule has 0 heterocycles. The highest BCUT2D eigenvalue weighted by Crippen LogP contribution is 1.90. The van der Waals surface area contributed by atoms with Crippen molar-refractivity contribution in [3.63, 3.8) is 0 Å². The molecule has 0 bridgehead atoms. The van der Waals surface area contributed by atoms with E-state index in [-0.39, 0.29) is 0 Å². The predicted molar refractivity (Wildman–Crippen MR) is 54.5 cm³/mol. The summed E-state index contributed by atoms with van der Waals surface area (Å²) in [6, 6.07) is 7.63. The summed E-state index contributed by atoms with van der Waals surface area (Å²) in [6.45, 7) is 4.20. The lowest BCUT2D eigenvalue weighted by Gasteiger charge is -1.96. The first-order valence-electron chi connectivity index (χ1n) is 3.80. The van der Waals surface area contributed by atoms with Crippen molar-refractivity contribution in [2.75, 3.05) is 6.54 Å². The molecule has 0 aliphatic carbocycles. The second-order valence-electron chi connectivity index (χ2n) is 2.41. The van der Waals surface area contributed by atoms with Crippen molar-refractivity contribution in [3.8, 4) is 0 Å². The quantitative estimate of drug-likeness (QED) is 0.352. The lowest BCUT2D eigenvalue weighted by Crippen LogP contribution is -2.08. The molecule has 1 nitrogen and oxygen atoms in total. The van der Waals surface area contributed by atoms with Crippen LogP contribution in [0, 0.1) is 0 Å². The van der Waals surface area contributed by atoms with Crippen molar-refractivity contribution in [2.24, 2.45) is 4.99 Å². The van der Waals surface area contributed by atoms with Gasteiger partial charge in [-0.2, -0.15) is 0 Å². The predicted octanol–water partition coefficient (Wildman–Crippen LogP) is 1.09. The summed E-state index contributed by atoms with van der Waals surface area (Å²) in [7, 11) is 5.69. The Kier molecular flexibility index (Phi) is 3.33. The van der Waals surface area contributed by atoms with E-state index in [1.165, 1.54) is 0 Å². The number of hydrogen-bond donors (Lipinski definition) is 0. The van der Waals surface area contributed by atoms with Crippen LogP contribution in [0.1, 0.15) is 5.56 Å². The van der Waals surface area contributed by atoms with Crippen molar-refractivity contribution >= 4 is 19.5 Å². The molecule has 0 unspecified atom stereocenters. The second kappa shape index (κ2) is 4.55. The van der Waals surface area contributed by atoms with Crippen LogP contribution in [-0.4, -0.2) is 20.6 Å². The number of aliphatic imine (C=N–C) groups is 1. The number of rotatable bonds is 3. The highest BCUT2D eigenvalue weighted by molar-refractivity contribution is 6.35. The average Bonchev–Trinajstić information content (AvgIpc) is 2.09. The number of benzene rings is 1. The number of nitrogens with zero attached hydrogens (tertiary/aromatic N) is 1. The molecule has 0 aromatic heterocycles. The Morgan fingerprint density at radius 3 is 2.83 bits per heavy atom. The molecule has 1 rings (SSSR count). The smallest absolute Gasteiger partial charge is 0.114 e. The van der Waals surface area contributed by atoms with Crippen molar-refractivity contribution in [1.29, 1.82) is 0 Å². The molecule has 0 atom stereocenters. The van der Waals surface area contributed by atoms with Gasteiger partial charge in [0.05, 0.1) is 6.54 Å². The van der Waals surface area contributed by atoms with Crippen LogP contribution in [0.2, 0.25) is 0 Å². The van der Waals surface area contributed by atoms with Gasteiger partial charge < -0.3 is 0 Å². The summed E-state index contributed by atoms with van der Waals surface area (Å²) >= 11 is 0. The fraction of sp³-hybridized carbons (Fsp3) is 0.100.